The van der Waals surface area contributed by atoms with Gasteiger partial charge in [0.1, 0.15) is 14.6 Å². The van der Waals surface area contributed by atoms with Gasteiger partial charge in [0.2, 0.25) is 0 Å². The molecule has 3 unspecified atom stereocenters. The monoisotopic (exact) mass is 233 g/mol. The van der Waals surface area contributed by atoms with Crippen molar-refractivity contribution < 1.29 is 9.47 Å². The average Bonchev–Trinajstić information content (AvgIpc) is 2.83. The van der Waals surface area contributed by atoms with Crippen LogP contribution in [0.3, 0.4) is 0 Å². The zero-order valence-corrected chi connectivity index (χ0v) is 10.2. The first-order chi connectivity index (χ1) is 8.19. The third-order valence-corrected chi connectivity index (χ3v) is 2.78. The van der Waals surface area contributed by atoms with Gasteiger partial charge in [0, 0.05) is 12.4 Å². The Morgan fingerprint density at radius 1 is 1.76 bits per heavy atom. The molecule has 0 saturated carbocycles. The molecule has 0 aromatic carbocycles. The van der Waals surface area contributed by atoms with Gasteiger partial charge in [-0.05, 0) is 13.3 Å². The van der Waals surface area contributed by atoms with Gasteiger partial charge in [-0.15, -0.1) is 17.4 Å². The van der Waals surface area contributed by atoms with E-state index in [1.54, 1.807) is 4.68 Å². The largest absolute Gasteiger partial charge is 0.380 e. The van der Waals surface area contributed by atoms with E-state index in [0.717, 1.165) is 12.1 Å². The number of terminal acetylenes is 1. The van der Waals surface area contributed by atoms with Crippen LogP contribution in [-0.2, 0) is 16.2 Å². The lowest BCUT2D eigenvalue weighted by Gasteiger charge is -2.16. The minimum Gasteiger partial charge on any atom is -0.380 e. The molecule has 0 spiro atoms. The zero-order chi connectivity index (χ0) is 12.3. The highest BCUT2D eigenvalue weighted by atomic mass is 16.6. The van der Waals surface area contributed by atoms with Crippen molar-refractivity contribution >= 4 is 7.85 Å². The van der Waals surface area contributed by atoms with Crippen molar-refractivity contribution in [1.82, 2.24) is 15.0 Å². The Kier molecular flexibility index (Phi) is 3.82. The highest BCUT2D eigenvalue weighted by molar-refractivity contribution is 6.11. The van der Waals surface area contributed by atoms with Gasteiger partial charge in [0.05, 0.1) is 24.1 Å². The van der Waals surface area contributed by atoms with Crippen LogP contribution in [0.25, 0.3) is 0 Å². The van der Waals surface area contributed by atoms with Crippen LogP contribution in [0.4, 0.5) is 0 Å². The summed E-state index contributed by atoms with van der Waals surface area (Å²) in [4.78, 5) is 0. The summed E-state index contributed by atoms with van der Waals surface area (Å²) in [6, 6.07) is 0.204. The quantitative estimate of drug-likeness (QED) is 0.529. The molecule has 17 heavy (non-hydrogen) atoms. The maximum Gasteiger partial charge on any atom is 0.141 e. The fraction of sp³-hybridized carbons (Fsp3) is 0.636. The predicted molar refractivity (Wildman–Crippen MR) is 64.9 cm³/mol. The maximum absolute atomic E-state index is 5.78. The molecule has 3 atom stereocenters. The molecule has 1 aliphatic rings. The first-order valence-corrected chi connectivity index (χ1v) is 5.76. The molecule has 2 heterocycles. The van der Waals surface area contributed by atoms with Crippen molar-refractivity contribution in [2.75, 3.05) is 0 Å². The molecule has 1 saturated heterocycles. The second-order valence-corrected chi connectivity index (χ2v) is 4.36. The van der Waals surface area contributed by atoms with Gasteiger partial charge < -0.3 is 9.47 Å². The van der Waals surface area contributed by atoms with E-state index in [2.05, 4.69) is 16.2 Å². The number of aromatic nitrogens is 3. The van der Waals surface area contributed by atoms with Crippen molar-refractivity contribution in [1.29, 1.82) is 0 Å². The van der Waals surface area contributed by atoms with E-state index < -0.39 is 0 Å². The zero-order valence-electron chi connectivity index (χ0n) is 10.2. The lowest BCUT2D eigenvalue weighted by Crippen LogP contribution is -2.25. The number of ether oxygens (including phenoxy) is 2. The molecule has 1 aliphatic heterocycles. The highest BCUT2D eigenvalue weighted by Crippen LogP contribution is 2.23. The fourth-order valence-electron chi connectivity index (χ4n) is 2.02. The first-order valence-electron chi connectivity index (χ1n) is 5.76. The summed E-state index contributed by atoms with van der Waals surface area (Å²) in [7, 11) is 2.03. The van der Waals surface area contributed by atoms with Gasteiger partial charge in [-0.1, -0.05) is 5.21 Å². The third kappa shape index (κ3) is 3.08. The third-order valence-electron chi connectivity index (χ3n) is 2.78. The molecule has 0 aliphatic carbocycles. The second kappa shape index (κ2) is 5.34. The van der Waals surface area contributed by atoms with E-state index in [4.69, 9.17) is 15.9 Å². The molecular formula is C11H16BN3O2. The maximum atomic E-state index is 5.78. The SMILES string of the molecule is BC1CC(OCn2cc(C)nn2)C(CC#C)O1. The van der Waals surface area contributed by atoms with Crippen molar-refractivity contribution in [2.24, 2.45) is 0 Å². The molecule has 1 aromatic heterocycles. The topological polar surface area (TPSA) is 49.2 Å². The lowest BCUT2D eigenvalue weighted by molar-refractivity contribution is -0.0421. The first kappa shape index (κ1) is 12.2. The summed E-state index contributed by atoms with van der Waals surface area (Å²) < 4.78 is 13.1. The molecule has 0 bridgehead atoms. The van der Waals surface area contributed by atoms with Crippen molar-refractivity contribution in [3.05, 3.63) is 11.9 Å². The molecule has 0 radical (unpaired) electrons. The van der Waals surface area contributed by atoms with Gasteiger partial charge in [-0.2, -0.15) is 0 Å². The molecule has 5 nitrogen and oxygen atoms in total. The van der Waals surface area contributed by atoms with Crippen LogP contribution in [-0.4, -0.2) is 41.1 Å². The van der Waals surface area contributed by atoms with Gasteiger partial charge in [0.25, 0.3) is 0 Å². The van der Waals surface area contributed by atoms with Crippen LogP contribution in [0, 0.1) is 19.3 Å². The van der Waals surface area contributed by atoms with E-state index in [1.807, 2.05) is 21.0 Å². The number of hydrogen-bond donors (Lipinski definition) is 0. The Hall–Kier alpha value is -1.32. The number of aryl methyl sites for hydroxylation is 1. The van der Waals surface area contributed by atoms with E-state index in [-0.39, 0.29) is 18.2 Å². The molecule has 90 valence electrons. The lowest BCUT2D eigenvalue weighted by atomic mass is 9.96. The van der Waals surface area contributed by atoms with E-state index in [9.17, 15) is 0 Å². The van der Waals surface area contributed by atoms with Gasteiger partial charge in [-0.3, -0.25) is 0 Å². The Morgan fingerprint density at radius 3 is 3.24 bits per heavy atom. The van der Waals surface area contributed by atoms with Crippen molar-refractivity contribution in [3.63, 3.8) is 0 Å². The number of nitrogens with zero attached hydrogens (tertiary/aromatic N) is 3. The summed E-state index contributed by atoms with van der Waals surface area (Å²) in [5.41, 5.74) is 0.879. The standard InChI is InChI=1S/C11H16BN3O2/c1-3-4-9-10(5-11(12)17-9)16-7-15-6-8(2)13-14-15/h1,6,9-11H,4-5,7,12H2,2H3. The van der Waals surface area contributed by atoms with E-state index >= 15 is 0 Å². The smallest absolute Gasteiger partial charge is 0.141 e. The normalized spacial score (nSPS) is 28.1. The van der Waals surface area contributed by atoms with Crippen molar-refractivity contribution in [3.8, 4) is 12.3 Å². The Bertz CT molecular complexity index is 415. The van der Waals surface area contributed by atoms with Crippen LogP contribution in [0.1, 0.15) is 18.5 Å². The molecule has 0 N–H and O–H groups in total. The Morgan fingerprint density at radius 2 is 2.59 bits per heavy atom. The van der Waals surface area contributed by atoms with Crippen molar-refractivity contribution in [2.45, 2.75) is 44.7 Å². The van der Waals surface area contributed by atoms with Crippen LogP contribution >= 0.6 is 0 Å². The van der Waals surface area contributed by atoms with Crippen LogP contribution < -0.4 is 0 Å². The molecule has 1 fully saturated rings. The Labute approximate surface area is 102 Å². The minimum atomic E-state index is -0.000353. The summed E-state index contributed by atoms with van der Waals surface area (Å²) in [5, 5.41) is 7.83. The number of rotatable bonds is 4. The summed E-state index contributed by atoms with van der Waals surface area (Å²) in [6.45, 7) is 2.29. The van der Waals surface area contributed by atoms with Crippen LogP contribution in [0.15, 0.2) is 6.20 Å². The molecular weight excluding hydrogens is 217 g/mol. The molecule has 2 rings (SSSR count). The number of hydrogen-bond acceptors (Lipinski definition) is 4. The fourth-order valence-corrected chi connectivity index (χ4v) is 2.02. The molecule has 6 heteroatoms. The van der Waals surface area contributed by atoms with Gasteiger partial charge >= 0.3 is 0 Å². The van der Waals surface area contributed by atoms with Gasteiger partial charge in [0.15, 0.2) is 0 Å². The minimum absolute atomic E-state index is 0.000353. The molecule has 1 aromatic rings. The molecule has 0 amide bonds. The summed E-state index contributed by atoms with van der Waals surface area (Å²) in [6.07, 6.45) is 8.67. The highest BCUT2D eigenvalue weighted by Gasteiger charge is 2.32. The Balaban J connectivity index is 1.87. The van der Waals surface area contributed by atoms with Gasteiger partial charge in [-0.25, -0.2) is 4.68 Å². The van der Waals surface area contributed by atoms with Crippen LogP contribution in [0.2, 0.25) is 0 Å². The second-order valence-electron chi connectivity index (χ2n) is 4.36. The summed E-state index contributed by atoms with van der Waals surface area (Å²) in [5.74, 6) is 2.62. The average molecular weight is 233 g/mol. The van der Waals surface area contributed by atoms with E-state index in [0.29, 0.717) is 13.2 Å². The predicted octanol–water partition coefficient (Wildman–Crippen LogP) is -0.299. The van der Waals surface area contributed by atoms with Crippen LogP contribution in [0.5, 0.6) is 0 Å². The summed E-state index contributed by atoms with van der Waals surface area (Å²) >= 11 is 0. The van der Waals surface area contributed by atoms with E-state index in [1.165, 1.54) is 0 Å².